The van der Waals surface area contributed by atoms with Crippen molar-refractivity contribution in [3.8, 4) is 18.1 Å². The molecule has 0 fully saturated rings. The van der Waals surface area contributed by atoms with Crippen LogP contribution in [0.2, 0.25) is 0 Å². The molecule has 1 aromatic rings. The van der Waals surface area contributed by atoms with Crippen LogP contribution in [-0.2, 0) is 0 Å². The number of hydrogen-bond acceptors (Lipinski definition) is 3. The molecule has 1 rings (SSSR count). The molecule has 0 spiro atoms. The number of terminal acetylenes is 1. The fourth-order valence-corrected chi connectivity index (χ4v) is 1.13. The Balaban J connectivity index is 2.77. The maximum atomic E-state index is 13.2. The molecule has 0 bridgehead atoms. The Hall–Kier alpha value is -2.09. The molecule has 0 aliphatic rings. The van der Waals surface area contributed by atoms with Gasteiger partial charge in [-0.1, -0.05) is 6.07 Å². The van der Waals surface area contributed by atoms with Crippen molar-refractivity contribution in [3.63, 3.8) is 0 Å². The summed E-state index contributed by atoms with van der Waals surface area (Å²) < 4.78 is 18.3. The number of benzene rings is 1. The SMILES string of the molecule is C#CCCCOc1c(F)cccc1[N+](=O)[O-]. The molecule has 0 aromatic heterocycles. The number of rotatable bonds is 5. The van der Waals surface area contributed by atoms with E-state index in [1.165, 1.54) is 12.1 Å². The van der Waals surface area contributed by atoms with E-state index in [2.05, 4.69) is 5.92 Å². The third-order valence-electron chi connectivity index (χ3n) is 1.85. The third-order valence-corrected chi connectivity index (χ3v) is 1.85. The number of halogens is 1. The zero-order valence-electron chi connectivity index (χ0n) is 8.48. The second-order valence-corrected chi connectivity index (χ2v) is 3.00. The van der Waals surface area contributed by atoms with E-state index in [9.17, 15) is 14.5 Å². The first kappa shape index (κ1) is 12.0. The van der Waals surface area contributed by atoms with E-state index in [-0.39, 0.29) is 18.0 Å². The lowest BCUT2D eigenvalue weighted by atomic mass is 10.3. The van der Waals surface area contributed by atoms with Crippen molar-refractivity contribution in [1.29, 1.82) is 0 Å². The smallest absolute Gasteiger partial charge is 0.314 e. The Morgan fingerprint density at radius 1 is 1.56 bits per heavy atom. The van der Waals surface area contributed by atoms with Crippen molar-refractivity contribution in [1.82, 2.24) is 0 Å². The lowest BCUT2D eigenvalue weighted by Gasteiger charge is -2.06. The number of hydrogen-bond donors (Lipinski definition) is 0. The number of ether oxygens (including phenoxy) is 1. The lowest BCUT2D eigenvalue weighted by molar-refractivity contribution is -0.386. The number of nitrogens with zero attached hydrogens (tertiary/aromatic N) is 1. The molecule has 0 radical (unpaired) electrons. The van der Waals surface area contributed by atoms with Crippen LogP contribution in [0.5, 0.6) is 5.75 Å². The lowest BCUT2D eigenvalue weighted by Crippen LogP contribution is -2.02. The minimum atomic E-state index is -0.741. The summed E-state index contributed by atoms with van der Waals surface area (Å²) in [6.45, 7) is 0.159. The number of nitro groups is 1. The normalized spacial score (nSPS) is 9.50. The maximum absolute atomic E-state index is 13.2. The quantitative estimate of drug-likeness (QED) is 0.333. The van der Waals surface area contributed by atoms with Crippen molar-refractivity contribution in [2.75, 3.05) is 6.61 Å². The summed E-state index contributed by atoms with van der Waals surface area (Å²) in [6, 6.07) is 3.57. The van der Waals surface area contributed by atoms with Crippen LogP contribution in [0.1, 0.15) is 12.8 Å². The second-order valence-electron chi connectivity index (χ2n) is 3.00. The molecule has 0 aliphatic carbocycles. The van der Waals surface area contributed by atoms with Gasteiger partial charge in [0.25, 0.3) is 0 Å². The van der Waals surface area contributed by atoms with Gasteiger partial charge in [-0.15, -0.1) is 12.3 Å². The highest BCUT2D eigenvalue weighted by atomic mass is 19.1. The Morgan fingerprint density at radius 3 is 2.94 bits per heavy atom. The molecule has 4 nitrogen and oxygen atoms in total. The van der Waals surface area contributed by atoms with Gasteiger partial charge in [0.1, 0.15) is 0 Å². The van der Waals surface area contributed by atoms with Crippen molar-refractivity contribution < 1.29 is 14.1 Å². The van der Waals surface area contributed by atoms with Crippen LogP contribution in [0.15, 0.2) is 18.2 Å². The zero-order chi connectivity index (χ0) is 12.0. The standard InChI is InChI=1S/C11H10FNO3/c1-2-3-4-8-16-11-9(12)6-5-7-10(11)13(14)15/h1,5-7H,3-4,8H2. The fourth-order valence-electron chi connectivity index (χ4n) is 1.13. The summed E-state index contributed by atoms with van der Waals surface area (Å²) >= 11 is 0. The minimum Gasteiger partial charge on any atom is -0.485 e. The summed E-state index contributed by atoms with van der Waals surface area (Å²) in [7, 11) is 0. The molecule has 0 aliphatic heterocycles. The van der Waals surface area contributed by atoms with Gasteiger partial charge in [0.2, 0.25) is 5.75 Å². The topological polar surface area (TPSA) is 52.4 Å². The average Bonchev–Trinajstić information content (AvgIpc) is 2.25. The van der Waals surface area contributed by atoms with E-state index in [1.807, 2.05) is 0 Å². The molecule has 0 amide bonds. The maximum Gasteiger partial charge on any atom is 0.314 e. The molecular weight excluding hydrogens is 213 g/mol. The Morgan fingerprint density at radius 2 is 2.31 bits per heavy atom. The fraction of sp³-hybridized carbons (Fsp3) is 0.273. The zero-order valence-corrected chi connectivity index (χ0v) is 8.48. The summed E-state index contributed by atoms with van der Waals surface area (Å²) in [5.41, 5.74) is -0.374. The van der Waals surface area contributed by atoms with E-state index in [4.69, 9.17) is 11.2 Å². The van der Waals surface area contributed by atoms with Gasteiger partial charge in [-0.3, -0.25) is 10.1 Å². The Kier molecular flexibility index (Phi) is 4.28. The third kappa shape index (κ3) is 2.95. The second kappa shape index (κ2) is 5.71. The number of nitro benzene ring substituents is 1. The molecule has 0 saturated carbocycles. The van der Waals surface area contributed by atoms with Crippen molar-refractivity contribution in [3.05, 3.63) is 34.1 Å². The monoisotopic (exact) mass is 223 g/mol. The van der Waals surface area contributed by atoms with Crippen LogP contribution in [0.3, 0.4) is 0 Å². The highest BCUT2D eigenvalue weighted by Crippen LogP contribution is 2.29. The van der Waals surface area contributed by atoms with Gasteiger partial charge in [0.15, 0.2) is 5.82 Å². The van der Waals surface area contributed by atoms with Gasteiger partial charge in [0, 0.05) is 12.5 Å². The van der Waals surface area contributed by atoms with Gasteiger partial charge in [-0.2, -0.15) is 0 Å². The van der Waals surface area contributed by atoms with E-state index in [1.54, 1.807) is 0 Å². The van der Waals surface area contributed by atoms with Gasteiger partial charge in [-0.25, -0.2) is 4.39 Å². The highest BCUT2D eigenvalue weighted by molar-refractivity contribution is 5.46. The molecule has 84 valence electrons. The van der Waals surface area contributed by atoms with Crippen molar-refractivity contribution in [2.24, 2.45) is 0 Å². The number of unbranched alkanes of at least 4 members (excludes halogenated alkanes) is 1. The first-order chi connectivity index (χ1) is 7.66. The predicted octanol–water partition coefficient (Wildman–Crippen LogP) is 2.53. The molecule has 5 heteroatoms. The van der Waals surface area contributed by atoms with E-state index >= 15 is 0 Å². The average molecular weight is 223 g/mol. The summed E-state index contributed by atoms with van der Waals surface area (Å²) in [5, 5.41) is 10.6. The van der Waals surface area contributed by atoms with Crippen LogP contribution in [-0.4, -0.2) is 11.5 Å². The Bertz CT molecular complexity index is 426. The predicted molar refractivity (Wildman–Crippen MR) is 56.6 cm³/mol. The largest absolute Gasteiger partial charge is 0.485 e. The van der Waals surface area contributed by atoms with Crippen LogP contribution >= 0.6 is 0 Å². The van der Waals surface area contributed by atoms with Crippen molar-refractivity contribution in [2.45, 2.75) is 12.8 Å². The molecule has 0 saturated heterocycles. The first-order valence-corrected chi connectivity index (χ1v) is 4.66. The van der Waals surface area contributed by atoms with Gasteiger partial charge < -0.3 is 4.74 Å². The first-order valence-electron chi connectivity index (χ1n) is 4.66. The van der Waals surface area contributed by atoms with Crippen LogP contribution in [0.4, 0.5) is 10.1 Å². The molecule has 0 unspecified atom stereocenters. The summed E-state index contributed by atoms with van der Waals surface area (Å²) in [4.78, 5) is 9.91. The van der Waals surface area contributed by atoms with E-state index < -0.39 is 10.7 Å². The molecule has 0 atom stereocenters. The minimum absolute atomic E-state index is 0.159. The highest BCUT2D eigenvalue weighted by Gasteiger charge is 2.18. The van der Waals surface area contributed by atoms with Crippen LogP contribution in [0, 0.1) is 28.3 Å². The van der Waals surface area contributed by atoms with Gasteiger partial charge in [0.05, 0.1) is 11.5 Å². The molecule has 0 heterocycles. The van der Waals surface area contributed by atoms with Gasteiger partial charge >= 0.3 is 5.69 Å². The molecule has 0 N–H and O–H groups in total. The number of para-hydroxylation sites is 1. The Labute approximate surface area is 92.2 Å². The molecule has 16 heavy (non-hydrogen) atoms. The van der Waals surface area contributed by atoms with E-state index in [0.29, 0.717) is 12.8 Å². The van der Waals surface area contributed by atoms with Crippen LogP contribution in [0.25, 0.3) is 0 Å². The molecule has 1 aromatic carbocycles. The molecular formula is C11H10FNO3. The van der Waals surface area contributed by atoms with Gasteiger partial charge in [-0.05, 0) is 12.5 Å². The summed E-state index contributed by atoms with van der Waals surface area (Å²) in [6.07, 6.45) is 6.05. The van der Waals surface area contributed by atoms with Crippen molar-refractivity contribution >= 4 is 5.69 Å². The summed E-state index contributed by atoms with van der Waals surface area (Å²) in [5.74, 6) is 1.33. The van der Waals surface area contributed by atoms with Crippen LogP contribution < -0.4 is 4.74 Å². The van der Waals surface area contributed by atoms with E-state index in [0.717, 1.165) is 6.07 Å².